The second kappa shape index (κ2) is 48.6. The predicted molar refractivity (Wildman–Crippen MR) is 473 cm³/mol. The van der Waals surface area contributed by atoms with Gasteiger partial charge in [-0.2, -0.15) is 8.42 Å². The van der Waals surface area contributed by atoms with E-state index in [1.807, 2.05) is 206 Å². The van der Waals surface area contributed by atoms with Crippen molar-refractivity contribution in [3.8, 4) is 34.5 Å². The Hall–Kier alpha value is -8.75. The van der Waals surface area contributed by atoms with Crippen LogP contribution in [0.2, 0.25) is 0 Å². The SMILES string of the molecule is CO[C@]1(C)O[C@H]2[C@H]3OS(=O)(=O)OC[C@H]3O[C@@H](OCc3ccccc3)[C@@H]2O[C@@]1(C)OC.COc1ccc(COC[C@@H]2[C@@H](OCc3ccc(OC)cc3)[C@H](OCc3ccc(OC)cc3)C[NH+]2C[C@H]2O[C@@H](OCc3ccccc3)[C@@H]3O[C@@](C)(OC)[C@](C)(OC)O[C@H]3[C@H]2[O-])cc1.COc1ccc(COC[C@H]2CC[C@@H](OCc3ccc(OC)cc3)[C@@H]2OCc2ccc(OC)cc2)cc1.O=S(=O)=O. The lowest BCUT2D eigenvalue weighted by molar-refractivity contribution is -0.920. The molecule has 33 nitrogen and oxygen atoms in total. The standard InChI is InChI=1S/C48H60NO13.C30H36O6.C19H26O10S.O3S/c1-47(54-6)48(2,55-7)62-45-44(61-47)42(50)40(60-46(45)59-30-32-11-9-8-10-12-32)25-49-26-41(57-28-34-15-21-37(52-4)22-16-34)43(58-29-35-17-23-38(53-5)24-18-35)39(49)31-56-27-33-13-19-36(51-3)20-14-33;1-31-26-11-4-22(5-12-26)18-34-21-25-10-17-29(35-19-23-6-13-27(32-2)14-7-23)30(25)36-20-24-8-15-28(33-3)16-9-24;1-18(22-3)19(2,23-4)28-16-15(27-18)14-13(11-25-30(20,21)29-14)26-17(16)24-10-12-8-6-5-7-9-12;1-4(2)3/h8-24,39-46H,25-31H2,1-7H3;4-9,11-16,25,29-30H,10,17-21H2,1-3H3;5-9,13-17H,10-11H2,1-4H3;/q-1;;;/p+1/t39-,40-,41-,42+,43-,44+,45-,46-,47-,48-;25-,29-,30-;13-,14+,15+,16-,17-,18-,19-;/m111./s1. The van der Waals surface area contributed by atoms with Crippen molar-refractivity contribution in [2.45, 2.75) is 208 Å². The monoisotopic (exact) mass is 1880 g/mol. The smallest absolute Gasteiger partial charge is 0.425 e. The van der Waals surface area contributed by atoms with Crippen LogP contribution in [0.1, 0.15) is 85.0 Å². The Bertz CT molecular complexity index is 5010. The van der Waals surface area contributed by atoms with E-state index in [1.165, 1.54) is 28.4 Å². The molecule has 0 bridgehead atoms. The van der Waals surface area contributed by atoms with Crippen molar-refractivity contribution in [2.24, 2.45) is 5.92 Å². The van der Waals surface area contributed by atoms with E-state index in [4.69, 9.17) is 135 Å². The molecule has 132 heavy (non-hydrogen) atoms. The number of likely N-dealkylation sites (tertiary alicyclic amines) is 1. The molecule has 6 saturated heterocycles. The minimum atomic E-state index is -4.18. The molecule has 720 valence electrons. The number of hydrogen-bond acceptors (Lipinski definition) is 32. The van der Waals surface area contributed by atoms with Crippen LogP contribution < -0.4 is 38.4 Å². The lowest BCUT2D eigenvalue weighted by atomic mass is 9.93. The van der Waals surface area contributed by atoms with Crippen molar-refractivity contribution >= 4 is 21.0 Å². The van der Waals surface area contributed by atoms with Gasteiger partial charge in [0.2, 0.25) is 23.1 Å². The first-order valence-corrected chi connectivity index (χ1v) is 45.8. The number of benzene rings is 8. The third kappa shape index (κ3) is 26.9. The van der Waals surface area contributed by atoms with Gasteiger partial charge >= 0.3 is 21.0 Å². The average molecular weight is 1880 g/mol. The van der Waals surface area contributed by atoms with Crippen LogP contribution in [-0.2, 0) is 167 Å². The molecule has 6 heterocycles. The summed E-state index contributed by atoms with van der Waals surface area (Å²) < 4.78 is 203. The highest BCUT2D eigenvalue weighted by Gasteiger charge is 2.66. The minimum Gasteiger partial charge on any atom is -0.848 e. The van der Waals surface area contributed by atoms with Gasteiger partial charge in [0.05, 0.1) is 133 Å². The van der Waals surface area contributed by atoms with Crippen LogP contribution in [0, 0.1) is 5.92 Å². The zero-order valence-corrected chi connectivity index (χ0v) is 78.5. The molecule has 0 amide bonds. The molecule has 7 fully saturated rings. The fraction of sp³-hybridized carbons (Fsp3) is 0.505. The highest BCUT2D eigenvalue weighted by molar-refractivity contribution is 7.81. The third-order valence-electron chi connectivity index (χ3n) is 24.8. The summed E-state index contributed by atoms with van der Waals surface area (Å²) in [5, 5.41) is 14.8. The fourth-order valence-electron chi connectivity index (χ4n) is 16.6. The van der Waals surface area contributed by atoms with Crippen molar-refractivity contribution in [1.29, 1.82) is 0 Å². The summed E-state index contributed by atoms with van der Waals surface area (Å²) in [4.78, 5) is 1.03. The minimum absolute atomic E-state index is 0.0138. The quantitative estimate of drug-likeness (QED) is 0.0376. The summed E-state index contributed by atoms with van der Waals surface area (Å²) in [5.74, 6) is -0.370. The van der Waals surface area contributed by atoms with Crippen LogP contribution in [0.15, 0.2) is 206 Å². The van der Waals surface area contributed by atoms with Crippen molar-refractivity contribution in [3.05, 3.63) is 251 Å². The third-order valence-corrected chi connectivity index (χ3v) is 25.6. The first kappa shape index (κ1) is 102. The van der Waals surface area contributed by atoms with Crippen molar-refractivity contribution in [2.75, 3.05) is 104 Å². The second-order valence-corrected chi connectivity index (χ2v) is 34.6. The van der Waals surface area contributed by atoms with E-state index in [1.54, 1.807) is 70.4 Å². The number of fused-ring (bicyclic) bond motifs is 4. The van der Waals surface area contributed by atoms with E-state index in [2.05, 4.69) is 0 Å². The van der Waals surface area contributed by atoms with Gasteiger partial charge in [-0.1, -0.05) is 140 Å². The first-order chi connectivity index (χ1) is 63.7. The molecule has 35 heteroatoms. The van der Waals surface area contributed by atoms with E-state index in [9.17, 15) is 13.5 Å². The van der Waals surface area contributed by atoms with Gasteiger partial charge in [-0.05, 0) is 158 Å². The molecular formula is C97H123NO32S2. The van der Waals surface area contributed by atoms with E-state index < -0.39 is 112 Å². The molecule has 15 rings (SSSR count). The summed E-state index contributed by atoms with van der Waals surface area (Å²) in [6.07, 6.45) is -8.40. The number of ether oxygens (including phenoxy) is 24. The van der Waals surface area contributed by atoms with Crippen molar-refractivity contribution in [3.63, 3.8) is 0 Å². The largest absolute Gasteiger partial charge is 0.848 e. The number of hydrogen-bond donors (Lipinski definition) is 1. The lowest BCUT2D eigenvalue weighted by Gasteiger charge is -2.59. The number of nitrogens with one attached hydrogen (secondary N) is 1. The molecule has 1 N–H and O–H groups in total. The summed E-state index contributed by atoms with van der Waals surface area (Å²) in [6, 6.07) is 66.4. The Morgan fingerprint density at radius 3 is 1.11 bits per heavy atom. The molecule has 0 radical (unpaired) electrons. The summed E-state index contributed by atoms with van der Waals surface area (Å²) in [5.41, 5.74) is 8.17. The first-order valence-electron chi connectivity index (χ1n) is 43.5. The van der Waals surface area contributed by atoms with Crippen LogP contribution in [-0.4, -0.2) is 240 Å². The Morgan fingerprint density at radius 2 is 0.712 bits per heavy atom. The predicted octanol–water partition coefficient (Wildman–Crippen LogP) is 9.75. The molecule has 8 aromatic carbocycles. The highest BCUT2D eigenvalue weighted by atomic mass is 32.3. The Morgan fingerprint density at radius 1 is 0.379 bits per heavy atom. The molecule has 1 aliphatic carbocycles. The van der Waals surface area contributed by atoms with Crippen LogP contribution >= 0.6 is 0 Å². The summed E-state index contributed by atoms with van der Waals surface area (Å²) in [7, 11) is 8.57. The molecular weight excluding hydrogens is 1760 g/mol. The van der Waals surface area contributed by atoms with Gasteiger partial charge in [-0.25, -0.2) is 8.37 Å². The Kier molecular flexibility index (Phi) is 37.6. The van der Waals surface area contributed by atoms with Crippen molar-refractivity contribution < 1.29 is 153 Å². The average Bonchev–Trinajstić information content (AvgIpc) is 0.735. The van der Waals surface area contributed by atoms with Gasteiger partial charge in [0, 0.05) is 34.4 Å². The molecule has 0 aromatic heterocycles. The maximum atomic E-state index is 14.8. The molecule has 1 unspecified atom stereocenters. The summed E-state index contributed by atoms with van der Waals surface area (Å²) in [6.45, 7) is 11.3. The Balaban J connectivity index is 0.000000190. The molecule has 1 saturated carbocycles. The Labute approximate surface area is 773 Å². The maximum absolute atomic E-state index is 14.8. The lowest BCUT2D eigenvalue weighted by Crippen LogP contribution is -3.16. The van der Waals surface area contributed by atoms with Crippen LogP contribution in [0.3, 0.4) is 0 Å². The molecule has 6 aliphatic heterocycles. The van der Waals surface area contributed by atoms with E-state index >= 15 is 0 Å². The van der Waals surface area contributed by atoms with Gasteiger partial charge in [-0.3, -0.25) is 0 Å². The molecule has 8 aromatic rings. The van der Waals surface area contributed by atoms with Crippen LogP contribution in [0.4, 0.5) is 0 Å². The number of rotatable bonds is 38. The normalized spacial score (nSPS) is 29.6. The maximum Gasteiger partial charge on any atom is 0.425 e. The van der Waals surface area contributed by atoms with Gasteiger partial charge in [0.25, 0.3) is 0 Å². The van der Waals surface area contributed by atoms with Crippen molar-refractivity contribution in [1.82, 2.24) is 0 Å². The zero-order valence-electron chi connectivity index (χ0n) is 76.9. The highest BCUT2D eigenvalue weighted by Crippen LogP contribution is 2.47. The zero-order chi connectivity index (χ0) is 94.0. The number of quaternary nitrogens is 1. The van der Waals surface area contributed by atoms with E-state index in [-0.39, 0.29) is 56.6 Å². The van der Waals surface area contributed by atoms with E-state index in [0.29, 0.717) is 59.4 Å². The number of methoxy groups -OCH3 is 10. The van der Waals surface area contributed by atoms with Gasteiger partial charge in [-0.15, -0.1) is 12.6 Å². The van der Waals surface area contributed by atoms with Crippen LogP contribution in [0.5, 0.6) is 34.5 Å². The van der Waals surface area contributed by atoms with Crippen LogP contribution in [0.25, 0.3) is 0 Å². The summed E-state index contributed by atoms with van der Waals surface area (Å²) >= 11 is 0. The molecule has 0 spiro atoms. The van der Waals surface area contributed by atoms with Gasteiger partial charge in [0.15, 0.2) is 12.6 Å². The topological polar surface area (TPSA) is 353 Å². The van der Waals surface area contributed by atoms with E-state index in [0.717, 1.165) is 96.7 Å². The molecule has 21 atom stereocenters. The molecule has 7 aliphatic rings. The van der Waals surface area contributed by atoms with Gasteiger partial charge < -0.3 is 124 Å². The fourth-order valence-corrected chi connectivity index (χ4v) is 17.5. The second-order valence-electron chi connectivity index (χ2n) is 32.9. The van der Waals surface area contributed by atoms with Gasteiger partial charge in [0.1, 0.15) is 103 Å².